The van der Waals surface area contributed by atoms with Crippen LogP contribution in [0.15, 0.2) is 72.8 Å². The van der Waals surface area contributed by atoms with Crippen molar-refractivity contribution in [2.75, 3.05) is 25.6 Å². The third kappa shape index (κ3) is 6.09. The average Bonchev–Trinajstić information content (AvgIpc) is 2.79. The summed E-state index contributed by atoms with van der Waals surface area (Å²) in [6, 6.07) is 22.5. The molecule has 31 heavy (non-hydrogen) atoms. The zero-order chi connectivity index (χ0) is 22.1. The standard InChI is InChI=1S/C25H26N2O4/c1-3-31-23-12-8-7-11-21(23)25(29)26-17-24(28)27-20-13-14-22(30-2)19(16-20)15-18-9-5-4-6-10-18/h4-14,16H,3,15,17H2,1-2H3,(H,26,29)(H,27,28). The van der Waals surface area contributed by atoms with Gasteiger partial charge in [0.1, 0.15) is 11.5 Å². The Bertz CT molecular complexity index is 1030. The minimum atomic E-state index is -0.362. The number of ether oxygens (including phenoxy) is 2. The zero-order valence-corrected chi connectivity index (χ0v) is 17.7. The second-order valence-electron chi connectivity index (χ2n) is 6.85. The third-order valence-corrected chi connectivity index (χ3v) is 4.64. The summed E-state index contributed by atoms with van der Waals surface area (Å²) in [5.41, 5.74) is 3.14. The maximum absolute atomic E-state index is 12.5. The minimum Gasteiger partial charge on any atom is -0.496 e. The highest BCUT2D eigenvalue weighted by Gasteiger charge is 2.14. The van der Waals surface area contributed by atoms with Gasteiger partial charge in [-0.2, -0.15) is 0 Å². The topological polar surface area (TPSA) is 76.7 Å². The van der Waals surface area contributed by atoms with Crippen LogP contribution < -0.4 is 20.1 Å². The molecule has 2 amide bonds. The van der Waals surface area contributed by atoms with E-state index in [0.29, 0.717) is 30.0 Å². The number of benzene rings is 3. The molecule has 0 aliphatic rings. The van der Waals surface area contributed by atoms with Crippen LogP contribution in [0.5, 0.6) is 11.5 Å². The van der Waals surface area contributed by atoms with E-state index in [0.717, 1.165) is 16.9 Å². The SMILES string of the molecule is CCOc1ccccc1C(=O)NCC(=O)Nc1ccc(OC)c(Cc2ccccc2)c1. The summed E-state index contributed by atoms with van der Waals surface area (Å²) in [4.78, 5) is 24.8. The Morgan fingerprint density at radius 2 is 1.65 bits per heavy atom. The van der Waals surface area contributed by atoms with Crippen LogP contribution in [-0.2, 0) is 11.2 Å². The van der Waals surface area contributed by atoms with Gasteiger partial charge < -0.3 is 20.1 Å². The fraction of sp³-hybridized carbons (Fsp3) is 0.200. The highest BCUT2D eigenvalue weighted by Crippen LogP contribution is 2.25. The van der Waals surface area contributed by atoms with Crippen molar-refractivity contribution in [3.8, 4) is 11.5 Å². The number of anilines is 1. The van der Waals surface area contributed by atoms with Gasteiger partial charge in [0.05, 0.1) is 25.8 Å². The Kier molecular flexibility index (Phi) is 7.65. The highest BCUT2D eigenvalue weighted by molar-refractivity contribution is 6.00. The van der Waals surface area contributed by atoms with Gasteiger partial charge >= 0.3 is 0 Å². The van der Waals surface area contributed by atoms with Gasteiger partial charge in [-0.25, -0.2) is 0 Å². The molecule has 0 radical (unpaired) electrons. The predicted molar refractivity (Wildman–Crippen MR) is 121 cm³/mol. The molecule has 0 spiro atoms. The molecule has 0 unspecified atom stereocenters. The number of methoxy groups -OCH3 is 1. The first kappa shape index (κ1) is 21.9. The van der Waals surface area contributed by atoms with Crippen molar-refractivity contribution in [1.29, 1.82) is 0 Å². The summed E-state index contributed by atoms with van der Waals surface area (Å²) in [5, 5.41) is 5.46. The van der Waals surface area contributed by atoms with Gasteiger partial charge in [-0.1, -0.05) is 42.5 Å². The lowest BCUT2D eigenvalue weighted by Crippen LogP contribution is -2.33. The van der Waals surface area contributed by atoms with Gasteiger partial charge in [-0.15, -0.1) is 0 Å². The van der Waals surface area contributed by atoms with E-state index in [1.165, 1.54) is 0 Å². The molecule has 0 bridgehead atoms. The van der Waals surface area contributed by atoms with E-state index >= 15 is 0 Å². The van der Waals surface area contributed by atoms with Crippen LogP contribution in [0.1, 0.15) is 28.4 Å². The summed E-state index contributed by atoms with van der Waals surface area (Å²) in [5.74, 6) is 0.558. The Morgan fingerprint density at radius 1 is 0.903 bits per heavy atom. The van der Waals surface area contributed by atoms with E-state index in [1.54, 1.807) is 37.4 Å². The number of para-hydroxylation sites is 1. The van der Waals surface area contributed by atoms with E-state index < -0.39 is 0 Å². The summed E-state index contributed by atoms with van der Waals surface area (Å²) < 4.78 is 10.9. The van der Waals surface area contributed by atoms with Crippen molar-refractivity contribution in [1.82, 2.24) is 5.32 Å². The molecule has 0 heterocycles. The molecule has 0 aliphatic heterocycles. The van der Waals surface area contributed by atoms with Crippen molar-refractivity contribution in [2.24, 2.45) is 0 Å². The van der Waals surface area contributed by atoms with E-state index in [2.05, 4.69) is 10.6 Å². The summed E-state index contributed by atoms with van der Waals surface area (Å²) in [6.45, 7) is 2.15. The average molecular weight is 418 g/mol. The van der Waals surface area contributed by atoms with E-state index in [9.17, 15) is 9.59 Å². The smallest absolute Gasteiger partial charge is 0.255 e. The molecule has 0 saturated carbocycles. The summed E-state index contributed by atoms with van der Waals surface area (Å²) >= 11 is 0. The Balaban J connectivity index is 1.63. The number of rotatable bonds is 9. The highest BCUT2D eigenvalue weighted by atomic mass is 16.5. The molecule has 6 nitrogen and oxygen atoms in total. The first-order valence-corrected chi connectivity index (χ1v) is 10.1. The zero-order valence-electron chi connectivity index (χ0n) is 17.7. The van der Waals surface area contributed by atoms with Crippen LogP contribution in [0, 0.1) is 0 Å². The van der Waals surface area contributed by atoms with Crippen molar-refractivity contribution in [3.63, 3.8) is 0 Å². The number of hydrogen-bond acceptors (Lipinski definition) is 4. The molecule has 160 valence electrons. The lowest BCUT2D eigenvalue weighted by atomic mass is 10.0. The molecule has 6 heteroatoms. The molecule has 0 aromatic heterocycles. The van der Waals surface area contributed by atoms with Crippen LogP contribution in [0.25, 0.3) is 0 Å². The molecule has 0 saturated heterocycles. The molecule has 0 atom stereocenters. The van der Waals surface area contributed by atoms with Gasteiger partial charge in [0.25, 0.3) is 5.91 Å². The molecular weight excluding hydrogens is 392 g/mol. The van der Waals surface area contributed by atoms with E-state index in [4.69, 9.17) is 9.47 Å². The monoisotopic (exact) mass is 418 g/mol. The summed E-state index contributed by atoms with van der Waals surface area (Å²) in [6.07, 6.45) is 0.679. The Labute approximate surface area is 182 Å². The van der Waals surface area contributed by atoms with Crippen molar-refractivity contribution < 1.29 is 19.1 Å². The molecule has 2 N–H and O–H groups in total. The first-order valence-electron chi connectivity index (χ1n) is 10.1. The van der Waals surface area contributed by atoms with Crippen LogP contribution in [0.3, 0.4) is 0 Å². The molecule has 3 aromatic rings. The fourth-order valence-corrected chi connectivity index (χ4v) is 3.21. The van der Waals surface area contributed by atoms with E-state index in [-0.39, 0.29) is 18.4 Å². The lowest BCUT2D eigenvalue weighted by molar-refractivity contribution is -0.115. The quantitative estimate of drug-likeness (QED) is 0.550. The second-order valence-corrected chi connectivity index (χ2v) is 6.85. The maximum Gasteiger partial charge on any atom is 0.255 e. The van der Waals surface area contributed by atoms with Crippen LogP contribution >= 0.6 is 0 Å². The van der Waals surface area contributed by atoms with Gasteiger partial charge in [0, 0.05) is 17.7 Å². The number of carbonyl (C=O) groups excluding carboxylic acids is 2. The van der Waals surface area contributed by atoms with Gasteiger partial charge in [0.15, 0.2) is 0 Å². The predicted octanol–water partition coefficient (Wildman–Crippen LogP) is 4.05. The Morgan fingerprint density at radius 3 is 2.39 bits per heavy atom. The normalized spacial score (nSPS) is 10.3. The largest absolute Gasteiger partial charge is 0.496 e. The first-order chi connectivity index (χ1) is 15.1. The van der Waals surface area contributed by atoms with Crippen molar-refractivity contribution >= 4 is 17.5 Å². The van der Waals surface area contributed by atoms with Crippen molar-refractivity contribution in [3.05, 3.63) is 89.5 Å². The van der Waals surface area contributed by atoms with Crippen LogP contribution in [0.4, 0.5) is 5.69 Å². The number of nitrogens with one attached hydrogen (secondary N) is 2. The van der Waals surface area contributed by atoms with Crippen LogP contribution in [0.2, 0.25) is 0 Å². The van der Waals surface area contributed by atoms with Gasteiger partial charge in [0.2, 0.25) is 5.91 Å². The number of hydrogen-bond donors (Lipinski definition) is 2. The molecule has 0 aliphatic carbocycles. The van der Waals surface area contributed by atoms with Crippen molar-refractivity contribution in [2.45, 2.75) is 13.3 Å². The lowest BCUT2D eigenvalue weighted by Gasteiger charge is -2.13. The molecule has 3 rings (SSSR count). The van der Waals surface area contributed by atoms with E-state index in [1.807, 2.05) is 49.4 Å². The third-order valence-electron chi connectivity index (χ3n) is 4.64. The molecule has 3 aromatic carbocycles. The second kappa shape index (κ2) is 10.8. The Hall–Kier alpha value is -3.80. The van der Waals surface area contributed by atoms with Crippen LogP contribution in [-0.4, -0.2) is 32.1 Å². The number of carbonyl (C=O) groups is 2. The van der Waals surface area contributed by atoms with Gasteiger partial charge in [-0.05, 0) is 42.8 Å². The van der Waals surface area contributed by atoms with Gasteiger partial charge in [-0.3, -0.25) is 9.59 Å². The molecular formula is C25H26N2O4. The number of amides is 2. The maximum atomic E-state index is 12.5. The minimum absolute atomic E-state index is 0.153. The summed E-state index contributed by atoms with van der Waals surface area (Å²) in [7, 11) is 1.62. The molecule has 0 fully saturated rings. The fourth-order valence-electron chi connectivity index (χ4n) is 3.21.